The van der Waals surface area contributed by atoms with Crippen LogP contribution in [0.5, 0.6) is 0 Å². The molecular formula is C11H12BrN3O. The summed E-state index contributed by atoms with van der Waals surface area (Å²) in [6.07, 6.45) is 0. The molecule has 0 atom stereocenters. The van der Waals surface area contributed by atoms with E-state index < -0.39 is 0 Å². The van der Waals surface area contributed by atoms with Gasteiger partial charge in [-0.3, -0.25) is 4.79 Å². The van der Waals surface area contributed by atoms with Gasteiger partial charge in [-0.2, -0.15) is 0 Å². The molecular weight excluding hydrogens is 270 g/mol. The molecule has 0 saturated carbocycles. The molecule has 16 heavy (non-hydrogen) atoms. The maximum Gasteiger partial charge on any atom is 0.246 e. The van der Waals surface area contributed by atoms with Gasteiger partial charge in [-0.25, -0.2) is 0 Å². The maximum absolute atomic E-state index is 11.9. The third kappa shape index (κ3) is 1.51. The van der Waals surface area contributed by atoms with Crippen molar-refractivity contribution in [1.29, 1.82) is 0 Å². The fourth-order valence-electron chi connectivity index (χ4n) is 2.11. The van der Waals surface area contributed by atoms with Crippen molar-refractivity contribution in [3.8, 4) is 0 Å². The number of hydrogen-bond acceptors (Lipinski definition) is 3. The Balaban J connectivity index is 2.02. The molecule has 0 aromatic heterocycles. The van der Waals surface area contributed by atoms with Crippen molar-refractivity contribution in [2.75, 3.05) is 29.9 Å². The van der Waals surface area contributed by atoms with E-state index in [9.17, 15) is 4.79 Å². The van der Waals surface area contributed by atoms with Gasteiger partial charge in [0.05, 0.1) is 24.0 Å². The lowest BCUT2D eigenvalue weighted by molar-refractivity contribution is -0.117. The predicted octanol–water partition coefficient (Wildman–Crippen LogP) is 1.18. The summed E-state index contributed by atoms with van der Waals surface area (Å²) in [4.78, 5) is 13.8. The molecule has 5 heteroatoms. The maximum atomic E-state index is 11.9. The number of amides is 1. The topological polar surface area (TPSA) is 44.4 Å². The molecule has 2 heterocycles. The number of halogens is 1. The van der Waals surface area contributed by atoms with Gasteiger partial charge in [-0.1, -0.05) is 15.9 Å². The van der Waals surface area contributed by atoms with Crippen molar-refractivity contribution >= 4 is 33.2 Å². The minimum Gasteiger partial charge on any atom is -0.374 e. The van der Waals surface area contributed by atoms with E-state index in [4.69, 9.17) is 0 Å². The monoisotopic (exact) mass is 281 g/mol. The highest BCUT2D eigenvalue weighted by atomic mass is 79.9. The van der Waals surface area contributed by atoms with E-state index in [0.29, 0.717) is 12.6 Å². The van der Waals surface area contributed by atoms with E-state index in [1.165, 1.54) is 0 Å². The zero-order chi connectivity index (χ0) is 11.1. The molecule has 0 bridgehead atoms. The number of anilines is 2. The molecule has 2 aliphatic rings. The number of benzene rings is 1. The van der Waals surface area contributed by atoms with Crippen LogP contribution in [0.1, 0.15) is 0 Å². The standard InChI is InChI=1S/C11H12BrN3O/c12-7-1-2-10-9(3-7)14-6-11(16)15(10)8-4-13-5-8/h1-3,8,13-14H,4-6H2. The number of rotatable bonds is 1. The van der Waals surface area contributed by atoms with Gasteiger partial charge >= 0.3 is 0 Å². The first-order valence-electron chi connectivity index (χ1n) is 5.32. The van der Waals surface area contributed by atoms with Gasteiger partial charge in [0, 0.05) is 17.6 Å². The molecule has 1 aromatic carbocycles. The van der Waals surface area contributed by atoms with Gasteiger partial charge in [0.1, 0.15) is 0 Å². The van der Waals surface area contributed by atoms with Gasteiger partial charge in [0.2, 0.25) is 5.91 Å². The molecule has 1 aromatic rings. The molecule has 4 nitrogen and oxygen atoms in total. The second kappa shape index (κ2) is 3.75. The summed E-state index contributed by atoms with van der Waals surface area (Å²) in [6.45, 7) is 2.17. The minimum atomic E-state index is 0.154. The number of fused-ring (bicyclic) bond motifs is 1. The van der Waals surface area contributed by atoms with Crippen LogP contribution in [-0.2, 0) is 4.79 Å². The van der Waals surface area contributed by atoms with Crippen LogP contribution in [0.2, 0.25) is 0 Å². The Labute approximate surface area is 102 Å². The van der Waals surface area contributed by atoms with E-state index in [-0.39, 0.29) is 5.91 Å². The van der Waals surface area contributed by atoms with Crippen LogP contribution in [-0.4, -0.2) is 31.6 Å². The van der Waals surface area contributed by atoms with E-state index >= 15 is 0 Å². The molecule has 0 aliphatic carbocycles. The fourth-order valence-corrected chi connectivity index (χ4v) is 2.47. The lowest BCUT2D eigenvalue weighted by Crippen LogP contribution is -2.61. The summed E-state index contributed by atoms with van der Waals surface area (Å²) < 4.78 is 1.03. The van der Waals surface area contributed by atoms with Crippen LogP contribution < -0.4 is 15.5 Å². The molecule has 1 saturated heterocycles. The van der Waals surface area contributed by atoms with Gasteiger partial charge < -0.3 is 15.5 Å². The van der Waals surface area contributed by atoms with Crippen molar-refractivity contribution in [2.24, 2.45) is 0 Å². The summed E-state index contributed by atoms with van der Waals surface area (Å²) in [7, 11) is 0. The quantitative estimate of drug-likeness (QED) is 0.813. The molecule has 1 fully saturated rings. The highest BCUT2D eigenvalue weighted by Crippen LogP contribution is 2.33. The Morgan fingerprint density at radius 3 is 2.88 bits per heavy atom. The molecule has 0 spiro atoms. The van der Waals surface area contributed by atoms with Gasteiger partial charge in [-0.15, -0.1) is 0 Å². The number of carbonyl (C=O) groups is 1. The highest BCUT2D eigenvalue weighted by Gasteiger charge is 2.33. The third-order valence-electron chi connectivity index (χ3n) is 3.04. The minimum absolute atomic E-state index is 0.154. The van der Waals surface area contributed by atoms with E-state index in [1.807, 2.05) is 23.1 Å². The first-order chi connectivity index (χ1) is 7.75. The van der Waals surface area contributed by atoms with Crippen molar-refractivity contribution in [1.82, 2.24) is 5.32 Å². The summed E-state index contributed by atoms with van der Waals surface area (Å²) >= 11 is 3.44. The summed E-state index contributed by atoms with van der Waals surface area (Å²) in [5, 5.41) is 6.34. The van der Waals surface area contributed by atoms with Gasteiger partial charge in [0.15, 0.2) is 0 Å². The summed E-state index contributed by atoms with van der Waals surface area (Å²) in [5.41, 5.74) is 2.02. The van der Waals surface area contributed by atoms with E-state index in [1.54, 1.807) is 0 Å². The largest absolute Gasteiger partial charge is 0.374 e. The summed E-state index contributed by atoms with van der Waals surface area (Å²) in [6, 6.07) is 6.29. The molecule has 84 valence electrons. The first-order valence-corrected chi connectivity index (χ1v) is 6.11. The normalized spacial score (nSPS) is 20.1. The lowest BCUT2D eigenvalue weighted by Gasteiger charge is -2.41. The molecule has 1 amide bonds. The smallest absolute Gasteiger partial charge is 0.246 e. The molecule has 0 radical (unpaired) electrons. The van der Waals surface area contributed by atoms with Crippen molar-refractivity contribution in [2.45, 2.75) is 6.04 Å². The molecule has 2 aliphatic heterocycles. The van der Waals surface area contributed by atoms with Crippen molar-refractivity contribution < 1.29 is 4.79 Å². The zero-order valence-electron chi connectivity index (χ0n) is 8.66. The second-order valence-electron chi connectivity index (χ2n) is 4.09. The number of hydrogen-bond donors (Lipinski definition) is 2. The van der Waals surface area contributed by atoms with Crippen molar-refractivity contribution in [3.63, 3.8) is 0 Å². The highest BCUT2D eigenvalue weighted by molar-refractivity contribution is 9.10. The number of nitrogens with zero attached hydrogens (tertiary/aromatic N) is 1. The SMILES string of the molecule is O=C1CNc2cc(Br)ccc2N1C1CNC1. The second-order valence-corrected chi connectivity index (χ2v) is 5.01. The first kappa shape index (κ1) is 10.1. The Morgan fingerprint density at radius 2 is 2.19 bits per heavy atom. The van der Waals surface area contributed by atoms with E-state index in [2.05, 4.69) is 26.6 Å². The third-order valence-corrected chi connectivity index (χ3v) is 3.54. The Kier molecular flexibility index (Phi) is 2.37. The Bertz CT molecular complexity index is 445. The van der Waals surface area contributed by atoms with Crippen molar-refractivity contribution in [3.05, 3.63) is 22.7 Å². The number of carbonyl (C=O) groups excluding carboxylic acids is 1. The average molecular weight is 282 g/mol. The van der Waals surface area contributed by atoms with Gasteiger partial charge in [0.25, 0.3) is 0 Å². The predicted molar refractivity (Wildman–Crippen MR) is 66.8 cm³/mol. The van der Waals surface area contributed by atoms with Crippen LogP contribution in [0, 0.1) is 0 Å². The van der Waals surface area contributed by atoms with E-state index in [0.717, 1.165) is 28.9 Å². The molecule has 0 unspecified atom stereocenters. The molecule has 3 rings (SSSR count). The fraction of sp³-hybridized carbons (Fsp3) is 0.364. The van der Waals surface area contributed by atoms with Crippen LogP contribution >= 0.6 is 15.9 Å². The van der Waals surface area contributed by atoms with Crippen LogP contribution in [0.25, 0.3) is 0 Å². The van der Waals surface area contributed by atoms with Crippen LogP contribution in [0.15, 0.2) is 22.7 Å². The Hall–Kier alpha value is -1.07. The number of nitrogens with one attached hydrogen (secondary N) is 2. The van der Waals surface area contributed by atoms with Crippen LogP contribution in [0.4, 0.5) is 11.4 Å². The average Bonchev–Trinajstić information content (AvgIpc) is 2.19. The summed E-state index contributed by atoms with van der Waals surface area (Å²) in [5.74, 6) is 0.154. The van der Waals surface area contributed by atoms with Crippen LogP contribution in [0.3, 0.4) is 0 Å². The zero-order valence-corrected chi connectivity index (χ0v) is 10.3. The lowest BCUT2D eigenvalue weighted by atomic mass is 10.1. The molecule has 2 N–H and O–H groups in total. The van der Waals surface area contributed by atoms with Gasteiger partial charge in [-0.05, 0) is 18.2 Å². The Morgan fingerprint density at radius 1 is 1.38 bits per heavy atom.